The largest absolute Gasteiger partial charge is 0.379 e. The second-order valence-corrected chi connectivity index (χ2v) is 2.30. The van der Waals surface area contributed by atoms with Gasteiger partial charge < -0.3 is 15.2 Å². The minimum Gasteiger partial charge on any atom is -0.379 e. The molecule has 1 aliphatic heterocycles. The van der Waals surface area contributed by atoms with E-state index in [0.717, 1.165) is 13.0 Å². The molecular weight excluding hydrogens is 118 g/mol. The van der Waals surface area contributed by atoms with Crippen LogP contribution in [0.3, 0.4) is 0 Å². The van der Waals surface area contributed by atoms with Gasteiger partial charge >= 0.3 is 0 Å². The SMILES string of the molecule is CO[C@@H]1COCC[C@H]1N. The summed E-state index contributed by atoms with van der Waals surface area (Å²) < 4.78 is 10.2. The van der Waals surface area contributed by atoms with Crippen LogP contribution in [0.1, 0.15) is 6.42 Å². The summed E-state index contributed by atoms with van der Waals surface area (Å²) in [5, 5.41) is 0. The van der Waals surface area contributed by atoms with Gasteiger partial charge in [-0.2, -0.15) is 0 Å². The van der Waals surface area contributed by atoms with Crippen molar-refractivity contribution in [2.75, 3.05) is 20.3 Å². The highest BCUT2D eigenvalue weighted by Crippen LogP contribution is 2.07. The zero-order valence-corrected chi connectivity index (χ0v) is 5.67. The van der Waals surface area contributed by atoms with Crippen LogP contribution < -0.4 is 5.73 Å². The van der Waals surface area contributed by atoms with Gasteiger partial charge in [-0.1, -0.05) is 0 Å². The lowest BCUT2D eigenvalue weighted by atomic mass is 10.1. The van der Waals surface area contributed by atoms with E-state index in [-0.39, 0.29) is 12.1 Å². The first kappa shape index (κ1) is 6.99. The Bertz CT molecular complexity index is 87.1. The summed E-state index contributed by atoms with van der Waals surface area (Å²) in [6.07, 6.45) is 1.03. The predicted octanol–water partition coefficient (Wildman–Crippen LogP) is -0.251. The Hall–Kier alpha value is -0.120. The van der Waals surface area contributed by atoms with E-state index in [1.54, 1.807) is 7.11 Å². The van der Waals surface area contributed by atoms with E-state index in [9.17, 15) is 0 Å². The molecule has 0 aliphatic carbocycles. The molecule has 9 heavy (non-hydrogen) atoms. The Labute approximate surface area is 55.1 Å². The minimum absolute atomic E-state index is 0.110. The number of hydrogen-bond donors (Lipinski definition) is 1. The third-order valence-electron chi connectivity index (χ3n) is 1.66. The summed E-state index contributed by atoms with van der Waals surface area (Å²) >= 11 is 0. The quantitative estimate of drug-likeness (QED) is 0.533. The van der Waals surface area contributed by atoms with Crippen molar-refractivity contribution < 1.29 is 9.47 Å². The molecule has 1 saturated heterocycles. The first-order valence-electron chi connectivity index (χ1n) is 3.20. The lowest BCUT2D eigenvalue weighted by molar-refractivity contribution is -0.0411. The van der Waals surface area contributed by atoms with E-state index in [1.807, 2.05) is 0 Å². The molecular formula is C6H13NO2. The number of nitrogens with two attached hydrogens (primary N) is 1. The average Bonchev–Trinajstić information content (AvgIpc) is 1.89. The maximum Gasteiger partial charge on any atom is 0.0955 e. The van der Waals surface area contributed by atoms with Crippen LogP contribution in [0, 0.1) is 0 Å². The fourth-order valence-corrected chi connectivity index (χ4v) is 0.971. The van der Waals surface area contributed by atoms with E-state index in [1.165, 1.54) is 0 Å². The first-order chi connectivity index (χ1) is 4.34. The molecule has 0 unspecified atom stereocenters. The molecule has 0 aromatic heterocycles. The zero-order valence-electron chi connectivity index (χ0n) is 5.67. The molecule has 0 aromatic rings. The lowest BCUT2D eigenvalue weighted by Gasteiger charge is -2.26. The van der Waals surface area contributed by atoms with Crippen LogP contribution in [0.25, 0.3) is 0 Å². The molecule has 1 rings (SSSR count). The fourth-order valence-electron chi connectivity index (χ4n) is 0.971. The van der Waals surface area contributed by atoms with Gasteiger partial charge in [0.2, 0.25) is 0 Å². The third-order valence-corrected chi connectivity index (χ3v) is 1.66. The Morgan fingerprint density at radius 2 is 2.44 bits per heavy atom. The Morgan fingerprint density at radius 1 is 1.67 bits per heavy atom. The van der Waals surface area contributed by atoms with Gasteiger partial charge in [0.1, 0.15) is 0 Å². The van der Waals surface area contributed by atoms with E-state index in [0.29, 0.717) is 6.61 Å². The highest BCUT2D eigenvalue weighted by Gasteiger charge is 2.21. The van der Waals surface area contributed by atoms with Gasteiger partial charge in [0.15, 0.2) is 0 Å². The summed E-state index contributed by atoms with van der Waals surface area (Å²) in [6.45, 7) is 1.43. The highest BCUT2D eigenvalue weighted by atomic mass is 16.5. The van der Waals surface area contributed by atoms with E-state index < -0.39 is 0 Å². The topological polar surface area (TPSA) is 44.5 Å². The zero-order chi connectivity index (χ0) is 6.69. The predicted molar refractivity (Wildman–Crippen MR) is 34.2 cm³/mol. The molecule has 0 spiro atoms. The molecule has 1 heterocycles. The number of rotatable bonds is 1. The van der Waals surface area contributed by atoms with Crippen molar-refractivity contribution in [2.24, 2.45) is 5.73 Å². The molecule has 0 radical (unpaired) electrons. The molecule has 2 N–H and O–H groups in total. The van der Waals surface area contributed by atoms with Crippen molar-refractivity contribution in [1.82, 2.24) is 0 Å². The monoisotopic (exact) mass is 131 g/mol. The summed E-state index contributed by atoms with van der Waals surface area (Å²) in [4.78, 5) is 0. The molecule has 0 amide bonds. The Balaban J connectivity index is 2.30. The van der Waals surface area contributed by atoms with Gasteiger partial charge in [-0.15, -0.1) is 0 Å². The molecule has 0 saturated carbocycles. The summed E-state index contributed by atoms with van der Waals surface area (Å²) in [6, 6.07) is 0.170. The van der Waals surface area contributed by atoms with Gasteiger partial charge in [-0.05, 0) is 6.42 Å². The van der Waals surface area contributed by atoms with Crippen molar-refractivity contribution in [2.45, 2.75) is 18.6 Å². The highest BCUT2D eigenvalue weighted by molar-refractivity contribution is 4.75. The second kappa shape index (κ2) is 3.15. The van der Waals surface area contributed by atoms with Crippen molar-refractivity contribution in [3.8, 4) is 0 Å². The molecule has 0 bridgehead atoms. The average molecular weight is 131 g/mol. The van der Waals surface area contributed by atoms with Gasteiger partial charge in [-0.3, -0.25) is 0 Å². The van der Waals surface area contributed by atoms with Gasteiger partial charge in [-0.25, -0.2) is 0 Å². The normalized spacial score (nSPS) is 36.7. The van der Waals surface area contributed by atoms with Crippen molar-refractivity contribution in [1.29, 1.82) is 0 Å². The third kappa shape index (κ3) is 1.64. The standard InChI is InChI=1S/C6H13NO2/c1-8-6-4-9-3-2-5(6)7/h5-6H,2-4,7H2,1H3/t5-,6-/m1/s1. The summed E-state index contributed by atoms with van der Waals surface area (Å²) in [5.41, 5.74) is 5.68. The van der Waals surface area contributed by atoms with Gasteiger partial charge in [0.05, 0.1) is 12.7 Å². The fraction of sp³-hybridized carbons (Fsp3) is 1.00. The molecule has 2 atom stereocenters. The molecule has 3 heteroatoms. The van der Waals surface area contributed by atoms with Crippen LogP contribution in [0.5, 0.6) is 0 Å². The van der Waals surface area contributed by atoms with Crippen LogP contribution >= 0.6 is 0 Å². The van der Waals surface area contributed by atoms with Crippen molar-refractivity contribution in [3.63, 3.8) is 0 Å². The van der Waals surface area contributed by atoms with Crippen molar-refractivity contribution >= 4 is 0 Å². The second-order valence-electron chi connectivity index (χ2n) is 2.30. The molecule has 3 nitrogen and oxygen atoms in total. The number of ether oxygens (including phenoxy) is 2. The molecule has 0 aromatic carbocycles. The lowest BCUT2D eigenvalue weighted by Crippen LogP contribution is -2.43. The van der Waals surface area contributed by atoms with Crippen LogP contribution in [-0.2, 0) is 9.47 Å². The number of methoxy groups -OCH3 is 1. The molecule has 1 fully saturated rings. The maximum atomic E-state index is 5.68. The summed E-state index contributed by atoms with van der Waals surface area (Å²) in [7, 11) is 1.67. The maximum absolute atomic E-state index is 5.68. The minimum atomic E-state index is 0.110. The molecule has 54 valence electrons. The summed E-state index contributed by atoms with van der Waals surface area (Å²) in [5.74, 6) is 0. The Kier molecular flexibility index (Phi) is 2.45. The van der Waals surface area contributed by atoms with Gasteiger partial charge in [0, 0.05) is 19.8 Å². The van der Waals surface area contributed by atoms with Crippen LogP contribution in [0.4, 0.5) is 0 Å². The van der Waals surface area contributed by atoms with Gasteiger partial charge in [0.25, 0.3) is 0 Å². The van der Waals surface area contributed by atoms with Crippen molar-refractivity contribution in [3.05, 3.63) is 0 Å². The van der Waals surface area contributed by atoms with E-state index >= 15 is 0 Å². The smallest absolute Gasteiger partial charge is 0.0955 e. The van der Waals surface area contributed by atoms with Crippen LogP contribution in [0.2, 0.25) is 0 Å². The van der Waals surface area contributed by atoms with Crippen LogP contribution in [-0.4, -0.2) is 32.5 Å². The first-order valence-corrected chi connectivity index (χ1v) is 3.20. The van der Waals surface area contributed by atoms with Crippen LogP contribution in [0.15, 0.2) is 0 Å². The van der Waals surface area contributed by atoms with E-state index in [2.05, 4.69) is 0 Å². The van der Waals surface area contributed by atoms with E-state index in [4.69, 9.17) is 15.2 Å². The Morgan fingerprint density at radius 3 is 2.89 bits per heavy atom. The number of hydrogen-bond acceptors (Lipinski definition) is 3. The molecule has 1 aliphatic rings.